The maximum atomic E-state index is 10.4. The fourth-order valence-corrected chi connectivity index (χ4v) is 3.86. The van der Waals surface area contributed by atoms with Crippen LogP contribution in [-0.4, -0.2) is 16.3 Å². The Morgan fingerprint density at radius 3 is 2.70 bits per heavy atom. The molecule has 0 aromatic carbocycles. The molecule has 0 aromatic rings. The van der Waals surface area contributed by atoms with Gasteiger partial charge < -0.3 is 5.11 Å². The van der Waals surface area contributed by atoms with Gasteiger partial charge in [-0.1, -0.05) is 29.4 Å². The van der Waals surface area contributed by atoms with Crippen LogP contribution in [0.1, 0.15) is 13.3 Å². The molecule has 0 rings (SSSR count). The van der Waals surface area contributed by atoms with Gasteiger partial charge in [0.15, 0.2) is 0 Å². The first-order valence-corrected chi connectivity index (χ1v) is 7.18. The summed E-state index contributed by atoms with van der Waals surface area (Å²) in [4.78, 5) is 10.4. The third-order valence-corrected chi connectivity index (χ3v) is 5.75. The molecule has 0 amide bonds. The van der Waals surface area contributed by atoms with Gasteiger partial charge in [-0.2, -0.15) is 0 Å². The lowest BCUT2D eigenvalue weighted by Crippen LogP contribution is -2.13. The van der Waals surface area contributed by atoms with Crippen molar-refractivity contribution in [3.8, 4) is 0 Å². The SMILES string of the molecule is CCC(SSSS)C(=O)O. The molecule has 0 saturated heterocycles. The molecule has 0 radical (unpaired) electrons. The summed E-state index contributed by atoms with van der Waals surface area (Å²) in [5.41, 5.74) is 0. The van der Waals surface area contributed by atoms with Crippen molar-refractivity contribution in [3.05, 3.63) is 0 Å². The average molecular weight is 216 g/mol. The van der Waals surface area contributed by atoms with Crippen LogP contribution < -0.4 is 0 Å². The highest BCUT2D eigenvalue weighted by molar-refractivity contribution is 9.24. The Morgan fingerprint density at radius 2 is 2.40 bits per heavy atom. The second kappa shape index (κ2) is 6.57. The molecule has 0 aliphatic rings. The van der Waals surface area contributed by atoms with Gasteiger partial charge in [-0.25, -0.2) is 0 Å². The van der Waals surface area contributed by atoms with Gasteiger partial charge in [0.05, 0.1) is 0 Å². The van der Waals surface area contributed by atoms with Crippen LogP contribution in [0.15, 0.2) is 0 Å². The van der Waals surface area contributed by atoms with Gasteiger partial charge in [0.2, 0.25) is 0 Å². The summed E-state index contributed by atoms with van der Waals surface area (Å²) in [5.74, 6) is -0.748. The molecule has 0 saturated carbocycles. The van der Waals surface area contributed by atoms with Crippen LogP contribution in [-0.2, 0) is 4.79 Å². The van der Waals surface area contributed by atoms with Crippen molar-refractivity contribution in [2.75, 3.05) is 0 Å². The quantitative estimate of drug-likeness (QED) is 0.546. The Kier molecular flexibility index (Phi) is 7.14. The van der Waals surface area contributed by atoms with E-state index in [1.807, 2.05) is 6.92 Å². The predicted octanol–water partition coefficient (Wildman–Crippen LogP) is 2.72. The number of aliphatic carboxylic acids is 1. The molecule has 1 N–H and O–H groups in total. The normalized spacial score (nSPS) is 13.0. The van der Waals surface area contributed by atoms with Crippen molar-refractivity contribution in [2.45, 2.75) is 18.6 Å². The highest BCUT2D eigenvalue weighted by Crippen LogP contribution is 2.40. The zero-order valence-corrected chi connectivity index (χ0v) is 8.66. The summed E-state index contributed by atoms with van der Waals surface area (Å²) in [6, 6.07) is 0. The van der Waals surface area contributed by atoms with Crippen LogP contribution in [0.5, 0.6) is 0 Å². The van der Waals surface area contributed by atoms with Gasteiger partial charge in [0.25, 0.3) is 0 Å². The fraction of sp³-hybridized carbons (Fsp3) is 0.750. The topological polar surface area (TPSA) is 37.3 Å². The van der Waals surface area contributed by atoms with Crippen molar-refractivity contribution < 1.29 is 9.90 Å². The van der Waals surface area contributed by atoms with Gasteiger partial charge in [-0.05, 0) is 26.1 Å². The first-order valence-electron chi connectivity index (χ1n) is 2.58. The Morgan fingerprint density at radius 1 is 1.80 bits per heavy atom. The zero-order valence-electron chi connectivity index (χ0n) is 5.31. The predicted molar refractivity (Wildman–Crippen MR) is 53.5 cm³/mol. The van der Waals surface area contributed by atoms with E-state index in [2.05, 4.69) is 11.7 Å². The lowest BCUT2D eigenvalue weighted by molar-refractivity contribution is -0.136. The summed E-state index contributed by atoms with van der Waals surface area (Å²) in [5, 5.41) is 8.23. The summed E-state index contributed by atoms with van der Waals surface area (Å²) in [6.07, 6.45) is 0.654. The van der Waals surface area contributed by atoms with Crippen LogP contribution >= 0.6 is 42.1 Å². The monoisotopic (exact) mass is 216 g/mol. The van der Waals surface area contributed by atoms with Crippen molar-refractivity contribution in [3.63, 3.8) is 0 Å². The molecule has 0 aromatic heterocycles. The van der Waals surface area contributed by atoms with Gasteiger partial charge in [0, 0.05) is 0 Å². The van der Waals surface area contributed by atoms with Crippen LogP contribution in [0.2, 0.25) is 0 Å². The van der Waals surface area contributed by atoms with Crippen LogP contribution in [0, 0.1) is 0 Å². The highest BCUT2D eigenvalue weighted by Gasteiger charge is 2.15. The molecule has 0 spiro atoms. The minimum Gasteiger partial charge on any atom is -0.480 e. The molecule has 1 unspecified atom stereocenters. The average Bonchev–Trinajstić information content (AvgIpc) is 1.89. The smallest absolute Gasteiger partial charge is 0.317 e. The lowest BCUT2D eigenvalue weighted by atomic mass is 10.3. The molecule has 0 fully saturated rings. The molecular formula is C4H8O2S4. The van der Waals surface area contributed by atoms with Gasteiger partial charge in [0.1, 0.15) is 5.25 Å². The van der Waals surface area contributed by atoms with Crippen LogP contribution in [0.4, 0.5) is 0 Å². The minimum absolute atomic E-state index is 0.301. The number of carboxylic acids is 1. The standard InChI is InChI=1S/C4H8O2S4/c1-2-3(4(5)6)8-10-9-7/h3,7H,2H2,1H3,(H,5,6). The maximum absolute atomic E-state index is 10.4. The van der Waals surface area contributed by atoms with Gasteiger partial charge >= 0.3 is 5.97 Å². The van der Waals surface area contributed by atoms with E-state index in [1.165, 1.54) is 30.4 Å². The second-order valence-electron chi connectivity index (χ2n) is 1.47. The minimum atomic E-state index is -0.748. The summed E-state index contributed by atoms with van der Waals surface area (Å²) >= 11 is 3.87. The van der Waals surface area contributed by atoms with Gasteiger partial charge in [-0.15, -0.1) is 0 Å². The molecular weight excluding hydrogens is 208 g/mol. The van der Waals surface area contributed by atoms with E-state index < -0.39 is 5.97 Å². The molecule has 0 aliphatic heterocycles. The number of carboxylic acid groups (broad SMARTS) is 1. The molecule has 10 heavy (non-hydrogen) atoms. The first-order chi connectivity index (χ1) is 4.72. The molecule has 0 bridgehead atoms. The number of hydrogen-bond acceptors (Lipinski definition) is 5. The molecule has 0 heterocycles. The number of thiol groups is 1. The second-order valence-corrected chi connectivity index (χ2v) is 6.52. The summed E-state index contributed by atoms with van der Waals surface area (Å²) < 4.78 is 0. The van der Waals surface area contributed by atoms with E-state index in [1.54, 1.807) is 0 Å². The Balaban J connectivity index is 3.50. The molecule has 1 atom stereocenters. The lowest BCUT2D eigenvalue weighted by Gasteiger charge is -2.04. The fourth-order valence-electron chi connectivity index (χ4n) is 0.349. The van der Waals surface area contributed by atoms with E-state index in [0.29, 0.717) is 6.42 Å². The largest absolute Gasteiger partial charge is 0.480 e. The Hall–Kier alpha value is 0.870. The van der Waals surface area contributed by atoms with E-state index >= 15 is 0 Å². The third kappa shape index (κ3) is 4.65. The third-order valence-electron chi connectivity index (χ3n) is 0.832. The number of hydrogen-bond donors (Lipinski definition) is 2. The molecule has 60 valence electrons. The first kappa shape index (κ1) is 10.9. The Bertz CT molecular complexity index is 107. The van der Waals surface area contributed by atoms with Crippen molar-refractivity contribution in [2.24, 2.45) is 0 Å². The van der Waals surface area contributed by atoms with E-state index in [0.717, 1.165) is 0 Å². The Labute approximate surface area is 76.5 Å². The van der Waals surface area contributed by atoms with Crippen LogP contribution in [0.25, 0.3) is 0 Å². The van der Waals surface area contributed by atoms with Crippen LogP contribution in [0.3, 0.4) is 0 Å². The van der Waals surface area contributed by atoms with Gasteiger partial charge in [-0.3, -0.25) is 4.79 Å². The zero-order chi connectivity index (χ0) is 7.98. The highest BCUT2D eigenvalue weighted by atomic mass is 33.7. The van der Waals surface area contributed by atoms with Crippen molar-refractivity contribution >= 4 is 48.1 Å². The summed E-state index contributed by atoms with van der Waals surface area (Å²) in [6.45, 7) is 1.86. The van der Waals surface area contributed by atoms with Crippen molar-refractivity contribution in [1.82, 2.24) is 0 Å². The molecule has 0 aliphatic carbocycles. The molecule has 2 nitrogen and oxygen atoms in total. The maximum Gasteiger partial charge on any atom is 0.317 e. The molecule has 6 heteroatoms. The van der Waals surface area contributed by atoms with E-state index in [9.17, 15) is 4.79 Å². The summed E-state index contributed by atoms with van der Waals surface area (Å²) in [7, 11) is 3.99. The number of rotatable bonds is 5. The van der Waals surface area contributed by atoms with E-state index in [4.69, 9.17) is 5.11 Å². The van der Waals surface area contributed by atoms with Crippen molar-refractivity contribution in [1.29, 1.82) is 0 Å². The van der Waals surface area contributed by atoms with E-state index in [-0.39, 0.29) is 5.25 Å². The number of carbonyl (C=O) groups is 1.